The van der Waals surface area contributed by atoms with E-state index in [0.29, 0.717) is 6.54 Å². The van der Waals surface area contributed by atoms with Crippen LogP contribution in [-0.4, -0.2) is 12.6 Å². The van der Waals surface area contributed by atoms with Gasteiger partial charge >= 0.3 is 6.03 Å². The topological polar surface area (TPSA) is 52.9 Å². The minimum atomic E-state index is -0.675. The van der Waals surface area contributed by atoms with E-state index in [9.17, 15) is 4.79 Å². The lowest BCUT2D eigenvalue weighted by Crippen LogP contribution is -2.23. The predicted octanol–water partition coefficient (Wildman–Crippen LogP) is 1.17. The lowest BCUT2D eigenvalue weighted by molar-refractivity contribution is 0.247. The Morgan fingerprint density at radius 2 is 2.22 bits per heavy atom. The van der Waals surface area contributed by atoms with Gasteiger partial charge in [0.1, 0.15) is 0 Å². The lowest BCUT2D eigenvalue weighted by Gasteiger charge is -1.97. The highest BCUT2D eigenvalue weighted by atomic mass is 16.2. The second kappa shape index (κ2) is 5.41. The zero-order valence-corrected chi connectivity index (χ0v) is 5.74. The first kappa shape index (κ1) is 8.27. The average molecular weight is 129 g/mol. The molecule has 0 atom stereocenters. The molecule has 2 amide bonds. The number of urea groups is 1. The molecule has 0 aromatic heterocycles. The fraction of sp³-hybridized carbons (Fsp3) is 0.833. The molecule has 0 aliphatic carbocycles. The summed E-state index contributed by atoms with van der Waals surface area (Å²) in [5.74, 6) is 0. The fourth-order valence-corrected chi connectivity index (χ4v) is 0.577. The largest absolute Gasteiger partial charge is 0.337 e. The maximum atomic E-state index is 9.96. The molecule has 0 fully saturated rings. The highest BCUT2D eigenvalue weighted by molar-refractivity contribution is 5.70. The van der Waals surface area contributed by atoms with Gasteiger partial charge in [0.05, 0.1) is 0 Å². The van der Waals surface area contributed by atoms with Crippen molar-refractivity contribution in [3.63, 3.8) is 0 Å². The van der Waals surface area contributed by atoms with E-state index < -0.39 is 6.03 Å². The van der Waals surface area contributed by atoms with Crippen molar-refractivity contribution in [3.05, 3.63) is 0 Å². The van der Waals surface area contributed by atoms with Gasteiger partial charge in [-0.15, -0.1) is 0 Å². The molecule has 0 heterocycles. The number of rotatable bonds is 4. The molecule has 3 heteroatoms. The average Bonchev–Trinajstić information content (AvgIpc) is 1.80. The standard InChI is InChI=1S/C6H13N2O/c1-2-3-4-5-8-6(7)9/h7H,2-5H2,1H3,(H,8,9). The number of amides is 2. The SMILES string of the molecule is CCCCCNC([NH])=O. The Hall–Kier alpha value is -0.730. The van der Waals surface area contributed by atoms with Crippen molar-refractivity contribution >= 4 is 6.03 Å². The van der Waals surface area contributed by atoms with Crippen LogP contribution < -0.4 is 11.1 Å². The van der Waals surface area contributed by atoms with Gasteiger partial charge in [0.15, 0.2) is 0 Å². The molecule has 0 aliphatic heterocycles. The summed E-state index contributed by atoms with van der Waals surface area (Å²) in [6.45, 7) is 2.75. The summed E-state index contributed by atoms with van der Waals surface area (Å²) in [6, 6.07) is -0.675. The zero-order chi connectivity index (χ0) is 7.11. The molecule has 0 unspecified atom stereocenters. The van der Waals surface area contributed by atoms with Crippen LogP contribution in [0.1, 0.15) is 26.2 Å². The second-order valence-corrected chi connectivity index (χ2v) is 1.96. The third-order valence-corrected chi connectivity index (χ3v) is 1.07. The van der Waals surface area contributed by atoms with Crippen molar-refractivity contribution in [1.82, 2.24) is 11.1 Å². The minimum Gasteiger partial charge on any atom is -0.337 e. The van der Waals surface area contributed by atoms with E-state index in [0.717, 1.165) is 19.3 Å². The number of nitrogens with one attached hydrogen (secondary N) is 2. The Bertz CT molecular complexity index is 83.1. The van der Waals surface area contributed by atoms with Crippen LogP contribution in [0.25, 0.3) is 0 Å². The van der Waals surface area contributed by atoms with Gasteiger partial charge in [-0.25, -0.2) is 10.5 Å². The summed E-state index contributed by atoms with van der Waals surface area (Å²) >= 11 is 0. The quantitative estimate of drug-likeness (QED) is 0.569. The van der Waals surface area contributed by atoms with E-state index in [1.165, 1.54) is 0 Å². The Balaban J connectivity index is 2.83. The van der Waals surface area contributed by atoms with Crippen molar-refractivity contribution in [1.29, 1.82) is 0 Å². The molecule has 1 radical (unpaired) electrons. The van der Waals surface area contributed by atoms with E-state index in [4.69, 9.17) is 5.73 Å². The van der Waals surface area contributed by atoms with Crippen LogP contribution in [0.15, 0.2) is 0 Å². The van der Waals surface area contributed by atoms with Gasteiger partial charge in [0.2, 0.25) is 0 Å². The highest BCUT2D eigenvalue weighted by Crippen LogP contribution is 1.90. The number of carbonyl (C=O) groups is 1. The van der Waals surface area contributed by atoms with Gasteiger partial charge in [0, 0.05) is 6.54 Å². The molecule has 0 bridgehead atoms. The van der Waals surface area contributed by atoms with Gasteiger partial charge in [-0.3, -0.25) is 0 Å². The highest BCUT2D eigenvalue weighted by Gasteiger charge is 1.89. The number of carbonyl (C=O) groups excluding carboxylic acids is 1. The van der Waals surface area contributed by atoms with E-state index in [-0.39, 0.29) is 0 Å². The van der Waals surface area contributed by atoms with Gasteiger partial charge < -0.3 is 5.32 Å². The van der Waals surface area contributed by atoms with Gasteiger partial charge in [-0.05, 0) is 6.42 Å². The molecule has 0 aromatic rings. The summed E-state index contributed by atoms with van der Waals surface area (Å²) in [5.41, 5.74) is 6.46. The van der Waals surface area contributed by atoms with Gasteiger partial charge in [0.25, 0.3) is 0 Å². The number of hydrogen-bond donors (Lipinski definition) is 1. The van der Waals surface area contributed by atoms with Gasteiger partial charge in [-0.2, -0.15) is 0 Å². The van der Waals surface area contributed by atoms with Crippen molar-refractivity contribution in [3.8, 4) is 0 Å². The first-order chi connectivity index (χ1) is 4.27. The van der Waals surface area contributed by atoms with Crippen LogP contribution in [0, 0.1) is 0 Å². The van der Waals surface area contributed by atoms with Crippen LogP contribution in [0.5, 0.6) is 0 Å². The van der Waals surface area contributed by atoms with Crippen LogP contribution in [0.3, 0.4) is 0 Å². The Kier molecular flexibility index (Phi) is 4.97. The molecule has 3 nitrogen and oxygen atoms in total. The first-order valence-corrected chi connectivity index (χ1v) is 3.26. The maximum absolute atomic E-state index is 9.96. The molecular formula is C6H13N2O. The molecule has 53 valence electrons. The second-order valence-electron chi connectivity index (χ2n) is 1.96. The Morgan fingerprint density at radius 1 is 1.56 bits per heavy atom. The summed E-state index contributed by atoms with van der Waals surface area (Å²) in [4.78, 5) is 9.96. The maximum Gasteiger partial charge on any atom is 0.333 e. The summed E-state index contributed by atoms with van der Waals surface area (Å²) < 4.78 is 0. The molecule has 0 saturated heterocycles. The van der Waals surface area contributed by atoms with E-state index in [2.05, 4.69) is 12.2 Å². The predicted molar refractivity (Wildman–Crippen MR) is 36.0 cm³/mol. The lowest BCUT2D eigenvalue weighted by atomic mass is 10.2. The van der Waals surface area contributed by atoms with Crippen molar-refractivity contribution < 1.29 is 4.79 Å². The normalized spacial score (nSPS) is 9.00. The molecular weight excluding hydrogens is 116 g/mol. The smallest absolute Gasteiger partial charge is 0.333 e. The zero-order valence-electron chi connectivity index (χ0n) is 5.74. The Labute approximate surface area is 55.6 Å². The summed E-state index contributed by atoms with van der Waals surface area (Å²) in [7, 11) is 0. The molecule has 2 N–H and O–H groups in total. The number of hydrogen-bond acceptors (Lipinski definition) is 1. The van der Waals surface area contributed by atoms with E-state index in [1.807, 2.05) is 0 Å². The van der Waals surface area contributed by atoms with Crippen LogP contribution in [-0.2, 0) is 0 Å². The molecule has 0 aliphatic rings. The van der Waals surface area contributed by atoms with Crippen LogP contribution in [0.4, 0.5) is 4.79 Å². The minimum absolute atomic E-state index is 0.649. The number of unbranched alkanes of at least 4 members (excludes halogenated alkanes) is 2. The first-order valence-electron chi connectivity index (χ1n) is 3.26. The van der Waals surface area contributed by atoms with Crippen molar-refractivity contribution in [2.75, 3.05) is 6.54 Å². The van der Waals surface area contributed by atoms with Crippen molar-refractivity contribution in [2.24, 2.45) is 0 Å². The molecule has 0 aromatic carbocycles. The monoisotopic (exact) mass is 129 g/mol. The fourth-order valence-electron chi connectivity index (χ4n) is 0.577. The third kappa shape index (κ3) is 7.27. The van der Waals surface area contributed by atoms with E-state index in [1.54, 1.807) is 0 Å². The van der Waals surface area contributed by atoms with Crippen LogP contribution in [0.2, 0.25) is 0 Å². The summed E-state index contributed by atoms with van der Waals surface area (Å²) in [6.07, 6.45) is 3.26. The Morgan fingerprint density at radius 3 is 2.67 bits per heavy atom. The molecule has 0 rings (SSSR count). The molecule has 0 saturated carbocycles. The van der Waals surface area contributed by atoms with Crippen molar-refractivity contribution in [2.45, 2.75) is 26.2 Å². The third-order valence-electron chi connectivity index (χ3n) is 1.07. The van der Waals surface area contributed by atoms with Crippen LogP contribution >= 0.6 is 0 Å². The molecule has 9 heavy (non-hydrogen) atoms. The summed E-state index contributed by atoms with van der Waals surface area (Å²) in [5, 5.41) is 2.41. The van der Waals surface area contributed by atoms with Gasteiger partial charge in [-0.1, -0.05) is 19.8 Å². The molecule has 0 spiro atoms. The van der Waals surface area contributed by atoms with E-state index >= 15 is 0 Å².